The topological polar surface area (TPSA) is 105 Å². The van der Waals surface area contributed by atoms with Crippen molar-refractivity contribution >= 4 is 27.5 Å². The van der Waals surface area contributed by atoms with Crippen molar-refractivity contribution in [2.75, 3.05) is 29.8 Å². The maximum atomic E-state index is 13.7. The Balaban J connectivity index is 1.95. The Bertz CT molecular complexity index is 1220. The van der Waals surface area contributed by atoms with E-state index in [0.29, 0.717) is 30.4 Å². The molecule has 1 aliphatic rings. The molecular weight excluding hydrogens is 494 g/mol. The molecule has 2 amide bonds. The molecule has 0 saturated carbocycles. The standard InChI is InChI=1S/C27H37N3O6S/c1-7-37(33,34)30(22-12-13-23-24(16-22)36-15-14-35-23)18-25(31)29(17-21-10-8-19(2)9-11-21)20(3)26(32)28-27(4,5)6/h8-13,16,20H,7,14-15,17-18H2,1-6H3,(H,28,32)/t20-/m1/s1. The van der Waals surface area contributed by atoms with Gasteiger partial charge >= 0.3 is 0 Å². The summed E-state index contributed by atoms with van der Waals surface area (Å²) in [5.41, 5.74) is 1.70. The Labute approximate surface area is 219 Å². The largest absolute Gasteiger partial charge is 0.486 e. The minimum atomic E-state index is -3.83. The second-order valence-corrected chi connectivity index (χ2v) is 12.3. The first-order valence-corrected chi connectivity index (χ1v) is 14.0. The van der Waals surface area contributed by atoms with E-state index in [1.54, 1.807) is 25.1 Å². The molecule has 9 nitrogen and oxygen atoms in total. The van der Waals surface area contributed by atoms with E-state index in [1.165, 1.54) is 11.8 Å². The fraction of sp³-hybridized carbons (Fsp3) is 0.481. The number of carbonyl (C=O) groups excluding carboxylic acids is 2. The Hall–Kier alpha value is -3.27. The molecule has 3 rings (SSSR count). The summed E-state index contributed by atoms with van der Waals surface area (Å²) in [5, 5.41) is 2.91. The minimum absolute atomic E-state index is 0.152. The SMILES string of the molecule is CCS(=O)(=O)N(CC(=O)N(Cc1ccc(C)cc1)[C@H](C)C(=O)NC(C)(C)C)c1ccc2c(c1)OCCO2. The van der Waals surface area contributed by atoms with Crippen LogP contribution < -0.4 is 19.1 Å². The molecule has 1 heterocycles. The van der Waals surface area contributed by atoms with E-state index in [4.69, 9.17) is 9.47 Å². The number of nitrogens with one attached hydrogen (secondary N) is 1. The van der Waals surface area contributed by atoms with E-state index in [0.717, 1.165) is 15.4 Å². The van der Waals surface area contributed by atoms with Crippen molar-refractivity contribution in [3.63, 3.8) is 0 Å². The Morgan fingerprint density at radius 2 is 1.65 bits per heavy atom. The van der Waals surface area contributed by atoms with Gasteiger partial charge in [0.05, 0.1) is 11.4 Å². The Morgan fingerprint density at radius 3 is 2.24 bits per heavy atom. The third-order valence-corrected chi connectivity index (χ3v) is 7.67. The number of rotatable bonds is 9. The first kappa shape index (κ1) is 28.3. The van der Waals surface area contributed by atoms with Gasteiger partial charge in [0.1, 0.15) is 25.8 Å². The van der Waals surface area contributed by atoms with Crippen LogP contribution in [0, 0.1) is 6.92 Å². The van der Waals surface area contributed by atoms with Gasteiger partial charge in [0.25, 0.3) is 0 Å². The van der Waals surface area contributed by atoms with Gasteiger partial charge in [0.2, 0.25) is 21.8 Å². The lowest BCUT2D eigenvalue weighted by molar-refractivity contribution is -0.140. The van der Waals surface area contributed by atoms with Gasteiger partial charge in [-0.1, -0.05) is 29.8 Å². The lowest BCUT2D eigenvalue weighted by Crippen LogP contribution is -2.54. The van der Waals surface area contributed by atoms with Crippen LogP contribution in [0.1, 0.15) is 45.7 Å². The fourth-order valence-corrected chi connectivity index (χ4v) is 4.91. The zero-order chi connectivity index (χ0) is 27.4. The number of hydrogen-bond donors (Lipinski definition) is 1. The third-order valence-electron chi connectivity index (χ3n) is 5.93. The number of ether oxygens (including phenoxy) is 2. The molecule has 0 aliphatic carbocycles. The molecule has 0 bridgehead atoms. The smallest absolute Gasteiger partial charge is 0.244 e. The van der Waals surface area contributed by atoms with Crippen LogP contribution in [0.15, 0.2) is 42.5 Å². The maximum Gasteiger partial charge on any atom is 0.244 e. The summed E-state index contributed by atoms with van der Waals surface area (Å²) in [4.78, 5) is 28.2. The highest BCUT2D eigenvalue weighted by Crippen LogP contribution is 2.35. The summed E-state index contributed by atoms with van der Waals surface area (Å²) in [7, 11) is -3.83. The average molecular weight is 532 g/mol. The molecule has 1 aliphatic heterocycles. The number of sulfonamides is 1. The highest BCUT2D eigenvalue weighted by molar-refractivity contribution is 7.92. The van der Waals surface area contributed by atoms with Crippen LogP contribution in [-0.2, 0) is 26.2 Å². The molecule has 202 valence electrons. The molecule has 1 N–H and O–H groups in total. The van der Waals surface area contributed by atoms with Gasteiger partial charge in [0.15, 0.2) is 11.5 Å². The molecule has 2 aromatic rings. The van der Waals surface area contributed by atoms with Gasteiger partial charge in [-0.05, 0) is 59.2 Å². The first-order chi connectivity index (χ1) is 17.3. The lowest BCUT2D eigenvalue weighted by Gasteiger charge is -2.33. The van der Waals surface area contributed by atoms with Crippen molar-refractivity contribution in [3.8, 4) is 11.5 Å². The second kappa shape index (κ2) is 11.4. The summed E-state index contributed by atoms with van der Waals surface area (Å²) in [6.07, 6.45) is 0. The molecule has 0 spiro atoms. The van der Waals surface area contributed by atoms with Gasteiger partial charge in [-0.2, -0.15) is 0 Å². The molecule has 0 fully saturated rings. The van der Waals surface area contributed by atoms with Crippen molar-refractivity contribution in [1.82, 2.24) is 10.2 Å². The first-order valence-electron chi connectivity index (χ1n) is 12.4. The van der Waals surface area contributed by atoms with Gasteiger partial charge in [0, 0.05) is 18.2 Å². The molecule has 0 unspecified atom stereocenters. The van der Waals surface area contributed by atoms with Gasteiger partial charge in [-0.3, -0.25) is 13.9 Å². The van der Waals surface area contributed by atoms with Crippen LogP contribution in [0.4, 0.5) is 5.69 Å². The highest BCUT2D eigenvalue weighted by atomic mass is 32.2. The van der Waals surface area contributed by atoms with Gasteiger partial charge in [-0.15, -0.1) is 0 Å². The van der Waals surface area contributed by atoms with Crippen molar-refractivity contribution in [1.29, 1.82) is 0 Å². The molecule has 2 aromatic carbocycles. The number of hydrogen-bond acceptors (Lipinski definition) is 6. The zero-order valence-electron chi connectivity index (χ0n) is 22.4. The normalized spacial score (nSPS) is 14.0. The molecule has 10 heteroatoms. The van der Waals surface area contributed by atoms with E-state index in [9.17, 15) is 18.0 Å². The van der Waals surface area contributed by atoms with Crippen LogP contribution in [0.3, 0.4) is 0 Å². The summed E-state index contributed by atoms with van der Waals surface area (Å²) in [6.45, 7) is 11.2. The van der Waals surface area contributed by atoms with Crippen LogP contribution in [0.2, 0.25) is 0 Å². The van der Waals surface area contributed by atoms with E-state index in [2.05, 4.69) is 5.32 Å². The number of benzene rings is 2. The van der Waals surface area contributed by atoms with Crippen molar-refractivity contribution in [2.45, 2.75) is 59.7 Å². The number of anilines is 1. The maximum absolute atomic E-state index is 13.7. The predicted molar refractivity (Wildman–Crippen MR) is 143 cm³/mol. The number of amides is 2. The predicted octanol–water partition coefficient (Wildman–Crippen LogP) is 3.25. The number of carbonyl (C=O) groups is 2. The van der Waals surface area contributed by atoms with Crippen LogP contribution in [0.5, 0.6) is 11.5 Å². The molecule has 1 atom stereocenters. The number of fused-ring (bicyclic) bond motifs is 1. The van der Waals surface area contributed by atoms with Crippen molar-refractivity contribution < 1.29 is 27.5 Å². The van der Waals surface area contributed by atoms with Crippen LogP contribution >= 0.6 is 0 Å². The average Bonchev–Trinajstić information content (AvgIpc) is 2.85. The van der Waals surface area contributed by atoms with E-state index < -0.39 is 34.1 Å². The molecule has 37 heavy (non-hydrogen) atoms. The van der Waals surface area contributed by atoms with Crippen LogP contribution in [0.25, 0.3) is 0 Å². The highest BCUT2D eigenvalue weighted by Gasteiger charge is 2.32. The second-order valence-electron chi connectivity index (χ2n) is 10.2. The van der Waals surface area contributed by atoms with Gasteiger partial charge in [-0.25, -0.2) is 8.42 Å². The van der Waals surface area contributed by atoms with Crippen molar-refractivity contribution in [2.24, 2.45) is 0 Å². The molecule has 0 radical (unpaired) electrons. The Morgan fingerprint density at radius 1 is 1.03 bits per heavy atom. The summed E-state index contributed by atoms with van der Waals surface area (Å²) < 4.78 is 38.5. The summed E-state index contributed by atoms with van der Waals surface area (Å²) >= 11 is 0. The summed E-state index contributed by atoms with van der Waals surface area (Å²) in [6, 6.07) is 11.6. The van der Waals surface area contributed by atoms with Gasteiger partial charge < -0.3 is 19.7 Å². The molecule has 0 aromatic heterocycles. The lowest BCUT2D eigenvalue weighted by atomic mass is 10.1. The van der Waals surface area contributed by atoms with Crippen LogP contribution in [-0.4, -0.2) is 62.2 Å². The Kier molecular flexibility index (Phi) is 8.73. The third kappa shape index (κ3) is 7.38. The number of nitrogens with zero attached hydrogens (tertiary/aromatic N) is 2. The van der Waals surface area contributed by atoms with E-state index in [1.807, 2.05) is 52.0 Å². The number of aryl methyl sites for hydroxylation is 1. The van der Waals surface area contributed by atoms with Crippen molar-refractivity contribution in [3.05, 3.63) is 53.6 Å². The molecule has 0 saturated heterocycles. The molecular formula is C27H37N3O6S. The van der Waals surface area contributed by atoms with E-state index >= 15 is 0 Å². The monoisotopic (exact) mass is 531 g/mol. The summed E-state index contributed by atoms with van der Waals surface area (Å²) in [5.74, 6) is -0.0842. The quantitative estimate of drug-likeness (QED) is 0.533. The van der Waals surface area contributed by atoms with E-state index in [-0.39, 0.29) is 18.2 Å². The zero-order valence-corrected chi connectivity index (χ0v) is 23.2. The minimum Gasteiger partial charge on any atom is -0.486 e. The fourth-order valence-electron chi connectivity index (χ4n) is 3.85.